The molecule has 5 heteroatoms. The van der Waals surface area contributed by atoms with Gasteiger partial charge in [0.05, 0.1) is 5.69 Å². The third-order valence-corrected chi connectivity index (χ3v) is 3.01. The summed E-state index contributed by atoms with van der Waals surface area (Å²) < 4.78 is 1.25. The van der Waals surface area contributed by atoms with Gasteiger partial charge in [-0.2, -0.15) is 9.78 Å². The van der Waals surface area contributed by atoms with E-state index in [-0.39, 0.29) is 5.56 Å². The monoisotopic (exact) mass is 254 g/mol. The Morgan fingerprint density at radius 1 is 1.25 bits per heavy atom. The smallest absolute Gasteiger partial charge is 0.267 e. The lowest BCUT2D eigenvalue weighted by Crippen LogP contribution is -2.19. The normalized spacial score (nSPS) is 10.4. The summed E-state index contributed by atoms with van der Waals surface area (Å²) in [7, 11) is 0. The number of aromatic nitrogens is 2. The van der Waals surface area contributed by atoms with Crippen LogP contribution in [0.4, 0.5) is 0 Å². The summed E-state index contributed by atoms with van der Waals surface area (Å²) in [6.45, 7) is 1.82. The molecule has 0 atom stereocenters. The van der Waals surface area contributed by atoms with E-state index in [1.54, 1.807) is 18.2 Å². The number of rotatable bonds is 1. The molecule has 0 N–H and O–H groups in total. The van der Waals surface area contributed by atoms with Gasteiger partial charge in [0.2, 0.25) is 0 Å². The number of benzene rings is 1. The highest BCUT2D eigenvalue weighted by atomic mass is 35.5. The summed E-state index contributed by atoms with van der Waals surface area (Å²) in [5, 5.41) is 4.98. The maximum Gasteiger partial charge on any atom is 0.271 e. The molecular weight excluding hydrogens is 247 g/mol. The van der Waals surface area contributed by atoms with Gasteiger partial charge in [-0.25, -0.2) is 0 Å². The Hall–Kier alpha value is -1.32. The van der Waals surface area contributed by atoms with E-state index in [1.807, 2.05) is 6.92 Å². The first-order chi connectivity index (χ1) is 7.59. The Morgan fingerprint density at radius 3 is 2.44 bits per heavy atom. The minimum absolute atomic E-state index is 0.224. The summed E-state index contributed by atoms with van der Waals surface area (Å²) in [4.78, 5) is 11.5. The van der Waals surface area contributed by atoms with Crippen molar-refractivity contribution in [2.75, 3.05) is 0 Å². The van der Waals surface area contributed by atoms with Crippen LogP contribution in [0, 0.1) is 6.92 Å². The minimum Gasteiger partial charge on any atom is -0.267 e. The SMILES string of the molecule is Cc1c(Cl)cc(-n2ncccc2=O)cc1Cl. The van der Waals surface area contributed by atoms with Crippen molar-refractivity contribution in [3.8, 4) is 5.69 Å². The van der Waals surface area contributed by atoms with Gasteiger partial charge in [0, 0.05) is 22.3 Å². The summed E-state index contributed by atoms with van der Waals surface area (Å²) in [5.41, 5.74) is 1.13. The van der Waals surface area contributed by atoms with Crippen LogP contribution in [-0.2, 0) is 0 Å². The van der Waals surface area contributed by atoms with Crippen LogP contribution in [-0.4, -0.2) is 9.78 Å². The maximum absolute atomic E-state index is 11.5. The van der Waals surface area contributed by atoms with Crippen molar-refractivity contribution in [3.63, 3.8) is 0 Å². The molecule has 0 bridgehead atoms. The second-order valence-corrected chi connectivity index (χ2v) is 4.12. The summed E-state index contributed by atoms with van der Waals surface area (Å²) in [5.74, 6) is 0. The van der Waals surface area contributed by atoms with E-state index in [9.17, 15) is 4.79 Å². The minimum atomic E-state index is -0.224. The van der Waals surface area contributed by atoms with Gasteiger partial charge in [-0.05, 0) is 30.7 Å². The molecule has 0 radical (unpaired) electrons. The number of nitrogens with zero attached hydrogens (tertiary/aromatic N) is 2. The second kappa shape index (κ2) is 4.28. The average Bonchev–Trinajstić information content (AvgIpc) is 2.26. The van der Waals surface area contributed by atoms with Crippen LogP contribution in [0.25, 0.3) is 5.69 Å². The Labute approximate surface area is 102 Å². The first-order valence-electron chi connectivity index (χ1n) is 4.60. The largest absolute Gasteiger partial charge is 0.271 e. The lowest BCUT2D eigenvalue weighted by Gasteiger charge is -2.07. The molecule has 16 heavy (non-hydrogen) atoms. The van der Waals surface area contributed by atoms with Gasteiger partial charge < -0.3 is 0 Å². The number of hydrogen-bond acceptors (Lipinski definition) is 2. The fourth-order valence-corrected chi connectivity index (χ4v) is 1.78. The molecule has 3 nitrogen and oxygen atoms in total. The molecule has 2 rings (SSSR count). The van der Waals surface area contributed by atoms with Crippen molar-refractivity contribution < 1.29 is 0 Å². The molecule has 0 saturated carbocycles. The van der Waals surface area contributed by atoms with Crippen LogP contribution >= 0.6 is 23.2 Å². The summed E-state index contributed by atoms with van der Waals surface area (Å²) in [6.07, 6.45) is 1.53. The van der Waals surface area contributed by atoms with Gasteiger partial charge in [-0.3, -0.25) is 4.79 Å². The van der Waals surface area contributed by atoms with Crippen molar-refractivity contribution in [2.24, 2.45) is 0 Å². The first kappa shape index (κ1) is 11.2. The van der Waals surface area contributed by atoms with Gasteiger partial charge in [0.15, 0.2) is 0 Å². The third kappa shape index (κ3) is 1.96. The van der Waals surface area contributed by atoms with Crippen LogP contribution in [0.3, 0.4) is 0 Å². The topological polar surface area (TPSA) is 34.9 Å². The Kier molecular flexibility index (Phi) is 2.99. The predicted octanol–water partition coefficient (Wildman–Crippen LogP) is 2.85. The second-order valence-electron chi connectivity index (χ2n) is 3.31. The van der Waals surface area contributed by atoms with E-state index < -0.39 is 0 Å². The number of halogens is 2. The zero-order valence-electron chi connectivity index (χ0n) is 8.45. The molecule has 1 aromatic carbocycles. The van der Waals surface area contributed by atoms with Gasteiger partial charge in [0.25, 0.3) is 5.56 Å². The van der Waals surface area contributed by atoms with Gasteiger partial charge in [0.1, 0.15) is 0 Å². The molecule has 0 fully saturated rings. The van der Waals surface area contributed by atoms with Crippen molar-refractivity contribution in [1.82, 2.24) is 9.78 Å². The van der Waals surface area contributed by atoms with Crippen molar-refractivity contribution >= 4 is 23.2 Å². The van der Waals surface area contributed by atoms with E-state index in [0.717, 1.165) is 5.56 Å². The Balaban J connectivity index is 2.67. The van der Waals surface area contributed by atoms with E-state index in [1.165, 1.54) is 16.9 Å². The van der Waals surface area contributed by atoms with E-state index in [2.05, 4.69) is 5.10 Å². The van der Waals surface area contributed by atoms with E-state index in [0.29, 0.717) is 15.7 Å². The van der Waals surface area contributed by atoms with Crippen LogP contribution in [0.1, 0.15) is 5.56 Å². The van der Waals surface area contributed by atoms with Gasteiger partial charge in [-0.1, -0.05) is 23.2 Å². The van der Waals surface area contributed by atoms with Gasteiger partial charge in [-0.15, -0.1) is 0 Å². The lowest BCUT2D eigenvalue weighted by molar-refractivity contribution is 0.806. The molecular formula is C11H8Cl2N2O. The van der Waals surface area contributed by atoms with Gasteiger partial charge >= 0.3 is 0 Å². The zero-order chi connectivity index (χ0) is 11.7. The highest BCUT2D eigenvalue weighted by Gasteiger charge is 2.06. The molecule has 0 unspecified atom stereocenters. The van der Waals surface area contributed by atoms with Crippen molar-refractivity contribution in [2.45, 2.75) is 6.92 Å². The first-order valence-corrected chi connectivity index (χ1v) is 5.35. The molecule has 0 amide bonds. The van der Waals surface area contributed by atoms with Crippen LogP contribution in [0.15, 0.2) is 35.3 Å². The summed E-state index contributed by atoms with van der Waals surface area (Å²) >= 11 is 12.0. The maximum atomic E-state index is 11.5. The molecule has 82 valence electrons. The lowest BCUT2D eigenvalue weighted by atomic mass is 10.2. The van der Waals surface area contributed by atoms with Crippen molar-refractivity contribution in [3.05, 3.63) is 56.4 Å². The van der Waals surface area contributed by atoms with Crippen LogP contribution < -0.4 is 5.56 Å². The molecule has 0 saturated heterocycles. The number of hydrogen-bond donors (Lipinski definition) is 0. The summed E-state index contributed by atoms with van der Waals surface area (Å²) in [6, 6.07) is 6.33. The third-order valence-electron chi connectivity index (χ3n) is 2.23. The van der Waals surface area contributed by atoms with E-state index in [4.69, 9.17) is 23.2 Å². The molecule has 1 heterocycles. The highest BCUT2D eigenvalue weighted by molar-refractivity contribution is 6.36. The molecule has 2 aromatic rings. The molecule has 0 spiro atoms. The molecule has 0 aliphatic rings. The predicted molar refractivity (Wildman–Crippen MR) is 64.6 cm³/mol. The fraction of sp³-hybridized carbons (Fsp3) is 0.0909. The Morgan fingerprint density at radius 2 is 1.88 bits per heavy atom. The van der Waals surface area contributed by atoms with Crippen LogP contribution in [0.5, 0.6) is 0 Å². The van der Waals surface area contributed by atoms with Crippen LogP contribution in [0.2, 0.25) is 10.0 Å². The Bertz CT molecular complexity index is 570. The quantitative estimate of drug-likeness (QED) is 0.785. The molecule has 0 aliphatic heterocycles. The molecule has 0 aliphatic carbocycles. The standard InChI is InChI=1S/C11H8Cl2N2O/c1-7-9(12)5-8(6-10(7)13)15-11(16)3-2-4-14-15/h2-6H,1H3. The van der Waals surface area contributed by atoms with E-state index >= 15 is 0 Å². The van der Waals surface area contributed by atoms with Crippen molar-refractivity contribution in [1.29, 1.82) is 0 Å². The zero-order valence-corrected chi connectivity index (χ0v) is 9.96. The average molecular weight is 255 g/mol. The highest BCUT2D eigenvalue weighted by Crippen LogP contribution is 2.26. The fourth-order valence-electron chi connectivity index (χ4n) is 1.31. The molecule has 1 aromatic heterocycles.